The number of sulfonamides is 1. The molecule has 1 amide bonds. The van der Waals surface area contributed by atoms with Gasteiger partial charge in [-0.2, -0.15) is 0 Å². The number of amides is 1. The predicted molar refractivity (Wildman–Crippen MR) is 126 cm³/mol. The lowest BCUT2D eigenvalue weighted by molar-refractivity contribution is 0.102. The van der Waals surface area contributed by atoms with E-state index in [0.29, 0.717) is 21.4 Å². The topological polar surface area (TPSA) is 79.4 Å². The van der Waals surface area contributed by atoms with Gasteiger partial charge in [0.2, 0.25) is 0 Å². The molecule has 0 unspecified atom stereocenters. The van der Waals surface area contributed by atoms with E-state index >= 15 is 0 Å². The van der Waals surface area contributed by atoms with Gasteiger partial charge in [0.25, 0.3) is 15.9 Å². The summed E-state index contributed by atoms with van der Waals surface area (Å²) < 4.78 is 28.1. The Bertz CT molecular complexity index is 1390. The first-order valence-electron chi connectivity index (χ1n) is 8.97. The van der Waals surface area contributed by atoms with Crippen molar-refractivity contribution in [3.63, 3.8) is 0 Å². The van der Waals surface area contributed by atoms with Crippen LogP contribution in [0.15, 0.2) is 71.6 Å². The van der Waals surface area contributed by atoms with Crippen LogP contribution < -0.4 is 9.62 Å². The van der Waals surface area contributed by atoms with E-state index in [-0.39, 0.29) is 15.5 Å². The summed E-state index contributed by atoms with van der Waals surface area (Å²) in [6.45, 7) is 0. The SMILES string of the molecule is CN(c1ccccc1)S(=O)(=O)c1ccc(Cl)c(C(=O)Nc2nc3ccc(Cl)cc3s2)c1. The van der Waals surface area contributed by atoms with Crippen LogP contribution in [0.2, 0.25) is 10.0 Å². The molecule has 0 aliphatic heterocycles. The molecule has 0 radical (unpaired) electrons. The summed E-state index contributed by atoms with van der Waals surface area (Å²) in [6, 6.07) is 17.9. The largest absolute Gasteiger partial charge is 0.298 e. The minimum Gasteiger partial charge on any atom is -0.298 e. The average Bonchev–Trinajstić information content (AvgIpc) is 3.15. The zero-order chi connectivity index (χ0) is 22.2. The van der Waals surface area contributed by atoms with E-state index in [1.54, 1.807) is 48.5 Å². The van der Waals surface area contributed by atoms with Crippen LogP contribution in [0.3, 0.4) is 0 Å². The molecular formula is C21H15Cl2N3O3S2. The second-order valence-corrected chi connectivity index (χ2v) is 10.4. The molecule has 1 heterocycles. The summed E-state index contributed by atoms with van der Waals surface area (Å²) in [4.78, 5) is 17.1. The molecule has 0 aliphatic rings. The Kier molecular flexibility index (Phi) is 5.90. The molecule has 4 aromatic rings. The molecule has 0 aliphatic carbocycles. The lowest BCUT2D eigenvalue weighted by atomic mass is 10.2. The number of carbonyl (C=O) groups excluding carboxylic acids is 1. The van der Waals surface area contributed by atoms with E-state index in [1.165, 1.54) is 36.6 Å². The van der Waals surface area contributed by atoms with E-state index in [2.05, 4.69) is 10.3 Å². The fraction of sp³-hybridized carbons (Fsp3) is 0.0476. The number of thiazole rings is 1. The number of hydrogen-bond donors (Lipinski definition) is 1. The molecule has 0 saturated heterocycles. The first-order valence-corrected chi connectivity index (χ1v) is 12.0. The maximum Gasteiger partial charge on any atom is 0.264 e. The molecule has 10 heteroatoms. The van der Waals surface area contributed by atoms with Crippen LogP contribution in [0.25, 0.3) is 10.2 Å². The third-order valence-electron chi connectivity index (χ3n) is 4.53. The second kappa shape index (κ2) is 8.47. The molecule has 4 rings (SSSR count). The van der Waals surface area contributed by atoms with Crippen molar-refractivity contribution in [3.8, 4) is 0 Å². The maximum atomic E-state index is 13.1. The summed E-state index contributed by atoms with van der Waals surface area (Å²) in [5.74, 6) is -0.561. The highest BCUT2D eigenvalue weighted by Gasteiger charge is 2.24. The van der Waals surface area contributed by atoms with Crippen molar-refractivity contribution >= 4 is 71.5 Å². The van der Waals surface area contributed by atoms with Gasteiger partial charge < -0.3 is 0 Å². The van der Waals surface area contributed by atoms with Crippen molar-refractivity contribution in [2.75, 3.05) is 16.7 Å². The highest BCUT2D eigenvalue weighted by atomic mass is 35.5. The van der Waals surface area contributed by atoms with Crippen LogP contribution in [0, 0.1) is 0 Å². The van der Waals surface area contributed by atoms with Gasteiger partial charge in [-0.15, -0.1) is 0 Å². The number of anilines is 2. The highest BCUT2D eigenvalue weighted by molar-refractivity contribution is 7.92. The Hall–Kier alpha value is -2.65. The summed E-state index contributed by atoms with van der Waals surface area (Å²) in [7, 11) is -2.45. The third-order valence-corrected chi connectivity index (χ3v) is 7.81. The van der Waals surface area contributed by atoms with Gasteiger partial charge in [0.15, 0.2) is 5.13 Å². The molecule has 1 aromatic heterocycles. The average molecular weight is 492 g/mol. The quantitative estimate of drug-likeness (QED) is 0.389. The van der Waals surface area contributed by atoms with E-state index < -0.39 is 15.9 Å². The lowest BCUT2D eigenvalue weighted by Gasteiger charge is -2.20. The number of para-hydroxylation sites is 1. The number of carbonyl (C=O) groups is 1. The van der Waals surface area contributed by atoms with Gasteiger partial charge in [-0.1, -0.05) is 52.7 Å². The number of aromatic nitrogens is 1. The summed E-state index contributed by atoms with van der Waals surface area (Å²) >= 11 is 13.4. The molecule has 1 N–H and O–H groups in total. The molecule has 158 valence electrons. The number of benzene rings is 3. The number of nitrogens with zero attached hydrogens (tertiary/aromatic N) is 2. The van der Waals surface area contributed by atoms with Crippen LogP contribution in [-0.4, -0.2) is 26.4 Å². The Morgan fingerprint density at radius 1 is 1.03 bits per heavy atom. The Balaban J connectivity index is 1.64. The van der Waals surface area contributed by atoms with Crippen molar-refractivity contribution in [2.24, 2.45) is 0 Å². The van der Waals surface area contributed by atoms with Crippen molar-refractivity contribution in [3.05, 3.63) is 82.3 Å². The normalized spacial score (nSPS) is 11.5. The van der Waals surface area contributed by atoms with Crippen LogP contribution in [0.5, 0.6) is 0 Å². The van der Waals surface area contributed by atoms with Gasteiger partial charge in [0.05, 0.1) is 31.4 Å². The van der Waals surface area contributed by atoms with Crippen molar-refractivity contribution in [1.82, 2.24) is 4.98 Å². The highest BCUT2D eigenvalue weighted by Crippen LogP contribution is 2.30. The molecule has 0 spiro atoms. The third kappa shape index (κ3) is 4.38. The number of rotatable bonds is 5. The second-order valence-electron chi connectivity index (χ2n) is 6.53. The van der Waals surface area contributed by atoms with E-state index in [9.17, 15) is 13.2 Å². The number of fused-ring (bicyclic) bond motifs is 1. The molecular weight excluding hydrogens is 477 g/mol. The standard InChI is InChI=1S/C21H15Cl2N3O3S2/c1-26(14-5-3-2-4-6-14)31(28,29)15-8-9-17(23)16(12-15)20(27)25-21-24-18-10-7-13(22)11-19(18)30-21/h2-12H,1H3,(H,24,25,27). The van der Waals surface area contributed by atoms with E-state index in [1.807, 2.05) is 0 Å². The smallest absolute Gasteiger partial charge is 0.264 e. The van der Waals surface area contributed by atoms with Crippen LogP contribution in [-0.2, 0) is 10.0 Å². The monoisotopic (exact) mass is 491 g/mol. The number of nitrogens with one attached hydrogen (secondary N) is 1. The van der Waals surface area contributed by atoms with Gasteiger partial charge in [0.1, 0.15) is 0 Å². The number of halogens is 2. The minimum atomic E-state index is -3.90. The van der Waals surface area contributed by atoms with E-state index in [0.717, 1.165) is 9.01 Å². The minimum absolute atomic E-state index is 0.0292. The summed E-state index contributed by atoms with van der Waals surface area (Å²) in [5, 5.41) is 3.73. The van der Waals surface area contributed by atoms with Gasteiger partial charge >= 0.3 is 0 Å². The molecule has 0 saturated carbocycles. The van der Waals surface area contributed by atoms with Gasteiger partial charge in [-0.05, 0) is 48.5 Å². The fourth-order valence-electron chi connectivity index (χ4n) is 2.89. The Morgan fingerprint density at radius 2 is 1.77 bits per heavy atom. The van der Waals surface area contributed by atoms with Gasteiger partial charge in [-0.25, -0.2) is 13.4 Å². The zero-order valence-electron chi connectivity index (χ0n) is 16.0. The first-order chi connectivity index (χ1) is 14.8. The van der Waals surface area contributed by atoms with Gasteiger partial charge in [0, 0.05) is 12.1 Å². The van der Waals surface area contributed by atoms with E-state index in [4.69, 9.17) is 23.2 Å². The van der Waals surface area contributed by atoms with Crippen LogP contribution in [0.1, 0.15) is 10.4 Å². The summed E-state index contributed by atoms with van der Waals surface area (Å²) in [5.41, 5.74) is 1.22. The lowest BCUT2D eigenvalue weighted by Crippen LogP contribution is -2.27. The Morgan fingerprint density at radius 3 is 2.52 bits per heavy atom. The van der Waals surface area contributed by atoms with Crippen molar-refractivity contribution in [2.45, 2.75) is 4.90 Å². The van der Waals surface area contributed by atoms with Crippen LogP contribution >= 0.6 is 34.5 Å². The first kappa shape index (κ1) is 21.6. The molecule has 31 heavy (non-hydrogen) atoms. The molecule has 0 bridgehead atoms. The van der Waals surface area contributed by atoms with Crippen LogP contribution in [0.4, 0.5) is 10.8 Å². The fourth-order valence-corrected chi connectivity index (χ4v) is 5.45. The van der Waals surface area contributed by atoms with Crippen molar-refractivity contribution < 1.29 is 13.2 Å². The molecule has 0 atom stereocenters. The number of hydrogen-bond acceptors (Lipinski definition) is 5. The molecule has 3 aromatic carbocycles. The molecule has 0 fully saturated rings. The molecule has 6 nitrogen and oxygen atoms in total. The summed E-state index contributed by atoms with van der Waals surface area (Å²) in [6.07, 6.45) is 0. The Labute approximate surface area is 193 Å². The maximum absolute atomic E-state index is 13.1. The predicted octanol–water partition coefficient (Wildman–Crippen LogP) is 5.68. The van der Waals surface area contributed by atoms with Gasteiger partial charge in [-0.3, -0.25) is 14.4 Å². The van der Waals surface area contributed by atoms with Crippen molar-refractivity contribution in [1.29, 1.82) is 0 Å². The zero-order valence-corrected chi connectivity index (χ0v) is 19.2.